The second-order valence-corrected chi connectivity index (χ2v) is 8.76. The van der Waals surface area contributed by atoms with Crippen LogP contribution in [0.2, 0.25) is 0 Å². The van der Waals surface area contributed by atoms with Crippen LogP contribution in [-0.2, 0) is 11.2 Å². The van der Waals surface area contributed by atoms with Crippen LogP contribution in [0.25, 0.3) is 11.4 Å². The molecular weight excluding hydrogens is 400 g/mol. The van der Waals surface area contributed by atoms with Crippen molar-refractivity contribution in [2.45, 2.75) is 58.9 Å². The van der Waals surface area contributed by atoms with Crippen LogP contribution in [0.4, 0.5) is 5.69 Å². The van der Waals surface area contributed by atoms with Gasteiger partial charge in [0.1, 0.15) is 0 Å². The van der Waals surface area contributed by atoms with Crippen molar-refractivity contribution < 1.29 is 9.32 Å². The number of benzene rings is 2. The van der Waals surface area contributed by atoms with Crippen molar-refractivity contribution in [1.29, 1.82) is 0 Å². The topological polar surface area (TPSA) is 71.3 Å². The minimum Gasteiger partial charge on any atom is -0.372 e. The van der Waals surface area contributed by atoms with Crippen LogP contribution in [0.1, 0.15) is 61.2 Å². The summed E-state index contributed by atoms with van der Waals surface area (Å²) in [6, 6.07) is 14.6. The van der Waals surface area contributed by atoms with E-state index >= 15 is 0 Å². The summed E-state index contributed by atoms with van der Waals surface area (Å²) < 4.78 is 5.39. The first-order chi connectivity index (χ1) is 15.5. The largest absolute Gasteiger partial charge is 0.372 e. The average molecular weight is 433 g/mol. The van der Waals surface area contributed by atoms with Crippen LogP contribution in [0.5, 0.6) is 0 Å². The maximum absolute atomic E-state index is 12.4. The lowest BCUT2D eigenvalue weighted by Crippen LogP contribution is -2.29. The molecule has 0 bridgehead atoms. The van der Waals surface area contributed by atoms with E-state index in [1.807, 2.05) is 19.1 Å². The third kappa shape index (κ3) is 5.36. The molecule has 0 radical (unpaired) electrons. The molecule has 1 N–H and O–H groups in total. The molecule has 1 amide bonds. The number of anilines is 1. The molecule has 0 aliphatic carbocycles. The number of carbonyl (C=O) groups excluding carboxylic acids is 1. The molecule has 6 nitrogen and oxygen atoms in total. The number of piperidine rings is 1. The zero-order chi connectivity index (χ0) is 22.5. The molecule has 2 aromatic carbocycles. The molecule has 2 heterocycles. The van der Waals surface area contributed by atoms with E-state index in [1.165, 1.54) is 36.1 Å². The SMILES string of the molecule is Cc1ccc([C@H](C)NC(=O)CCc2nc(-c3ccc(N4CCCCC4)cc3)no2)c(C)c1. The first kappa shape index (κ1) is 22.1. The maximum Gasteiger partial charge on any atom is 0.227 e. The first-order valence-electron chi connectivity index (χ1n) is 11.5. The van der Waals surface area contributed by atoms with Gasteiger partial charge in [-0.15, -0.1) is 0 Å². The molecule has 1 aliphatic rings. The fraction of sp³-hybridized carbons (Fsp3) is 0.423. The fourth-order valence-electron chi connectivity index (χ4n) is 4.37. The molecule has 1 aromatic heterocycles. The standard InChI is InChI=1S/C26H32N4O2/c1-18-7-12-23(19(2)17-18)20(3)27-24(31)13-14-25-28-26(29-32-25)21-8-10-22(11-9-21)30-15-5-4-6-16-30/h7-12,17,20H,4-6,13-16H2,1-3H3,(H,27,31)/t20-/m0/s1. The number of hydrogen-bond donors (Lipinski definition) is 1. The zero-order valence-corrected chi connectivity index (χ0v) is 19.2. The van der Waals surface area contributed by atoms with Crippen molar-refractivity contribution in [3.63, 3.8) is 0 Å². The molecule has 168 valence electrons. The smallest absolute Gasteiger partial charge is 0.227 e. The maximum atomic E-state index is 12.4. The summed E-state index contributed by atoms with van der Waals surface area (Å²) in [6.45, 7) is 8.39. The van der Waals surface area contributed by atoms with Crippen molar-refractivity contribution in [2.24, 2.45) is 0 Å². The number of nitrogens with zero attached hydrogens (tertiary/aromatic N) is 3. The van der Waals surface area contributed by atoms with Gasteiger partial charge >= 0.3 is 0 Å². The summed E-state index contributed by atoms with van der Waals surface area (Å²) in [5.74, 6) is 1.02. The third-order valence-electron chi connectivity index (χ3n) is 6.15. The Hall–Kier alpha value is -3.15. The van der Waals surface area contributed by atoms with Gasteiger partial charge in [-0.3, -0.25) is 4.79 Å². The van der Waals surface area contributed by atoms with Gasteiger partial charge < -0.3 is 14.7 Å². The normalized spacial score (nSPS) is 14.9. The first-order valence-corrected chi connectivity index (χ1v) is 11.5. The highest BCUT2D eigenvalue weighted by atomic mass is 16.5. The number of carbonyl (C=O) groups is 1. The number of nitrogens with one attached hydrogen (secondary N) is 1. The van der Waals surface area contributed by atoms with Gasteiger partial charge in [0.2, 0.25) is 17.6 Å². The Morgan fingerprint density at radius 1 is 1.09 bits per heavy atom. The van der Waals surface area contributed by atoms with Gasteiger partial charge in [0.15, 0.2) is 0 Å². The van der Waals surface area contributed by atoms with Crippen LogP contribution in [-0.4, -0.2) is 29.1 Å². The van der Waals surface area contributed by atoms with Crippen LogP contribution in [0, 0.1) is 13.8 Å². The van der Waals surface area contributed by atoms with Crippen molar-refractivity contribution in [3.8, 4) is 11.4 Å². The molecule has 1 fully saturated rings. The minimum absolute atomic E-state index is 0.0249. The monoisotopic (exact) mass is 432 g/mol. The zero-order valence-electron chi connectivity index (χ0n) is 19.2. The van der Waals surface area contributed by atoms with E-state index in [4.69, 9.17) is 4.52 Å². The Morgan fingerprint density at radius 2 is 1.84 bits per heavy atom. The molecule has 1 aliphatic heterocycles. The molecule has 32 heavy (non-hydrogen) atoms. The van der Waals surface area contributed by atoms with Gasteiger partial charge in [0.05, 0.1) is 6.04 Å². The molecule has 1 atom stereocenters. The van der Waals surface area contributed by atoms with Crippen molar-refractivity contribution in [2.75, 3.05) is 18.0 Å². The van der Waals surface area contributed by atoms with Crippen molar-refractivity contribution in [1.82, 2.24) is 15.5 Å². The van der Waals surface area contributed by atoms with E-state index in [9.17, 15) is 4.79 Å². The molecule has 0 saturated carbocycles. The summed E-state index contributed by atoms with van der Waals surface area (Å²) >= 11 is 0. The Morgan fingerprint density at radius 3 is 2.56 bits per heavy atom. The fourth-order valence-corrected chi connectivity index (χ4v) is 4.37. The van der Waals surface area contributed by atoms with Crippen LogP contribution < -0.4 is 10.2 Å². The molecule has 0 unspecified atom stereocenters. The Kier molecular flexibility index (Phi) is 6.88. The highest BCUT2D eigenvalue weighted by molar-refractivity contribution is 5.76. The Balaban J connectivity index is 1.30. The van der Waals surface area contributed by atoms with E-state index in [0.717, 1.165) is 24.2 Å². The van der Waals surface area contributed by atoms with Gasteiger partial charge in [-0.1, -0.05) is 28.9 Å². The molecule has 3 aromatic rings. The lowest BCUT2D eigenvalue weighted by Gasteiger charge is -2.28. The van der Waals surface area contributed by atoms with Gasteiger partial charge in [0.25, 0.3) is 0 Å². The van der Waals surface area contributed by atoms with E-state index in [-0.39, 0.29) is 11.9 Å². The van der Waals surface area contributed by atoms with E-state index in [1.54, 1.807) is 0 Å². The molecule has 0 spiro atoms. The molecular formula is C26H32N4O2. The Labute approximate surface area is 190 Å². The predicted molar refractivity (Wildman–Crippen MR) is 127 cm³/mol. The summed E-state index contributed by atoms with van der Waals surface area (Å²) in [5, 5.41) is 7.17. The predicted octanol–water partition coefficient (Wildman–Crippen LogP) is 5.15. The number of aryl methyl sites for hydroxylation is 3. The number of amides is 1. The van der Waals surface area contributed by atoms with Gasteiger partial charge in [0, 0.05) is 37.2 Å². The van der Waals surface area contributed by atoms with Crippen molar-refractivity contribution >= 4 is 11.6 Å². The lowest BCUT2D eigenvalue weighted by atomic mass is 10.00. The van der Waals surface area contributed by atoms with E-state index in [0.29, 0.717) is 24.6 Å². The second-order valence-electron chi connectivity index (χ2n) is 8.76. The van der Waals surface area contributed by atoms with Gasteiger partial charge in [-0.2, -0.15) is 4.98 Å². The van der Waals surface area contributed by atoms with E-state index in [2.05, 4.69) is 64.5 Å². The number of hydrogen-bond acceptors (Lipinski definition) is 5. The highest BCUT2D eigenvalue weighted by Crippen LogP contribution is 2.24. The average Bonchev–Trinajstić information content (AvgIpc) is 3.27. The van der Waals surface area contributed by atoms with Crippen LogP contribution >= 0.6 is 0 Å². The Bertz CT molecular complexity index is 1050. The summed E-state index contributed by atoms with van der Waals surface area (Å²) in [7, 11) is 0. The quantitative estimate of drug-likeness (QED) is 0.559. The number of aromatic nitrogens is 2. The third-order valence-corrected chi connectivity index (χ3v) is 6.15. The summed E-state index contributed by atoms with van der Waals surface area (Å²) in [6.07, 6.45) is 4.57. The van der Waals surface area contributed by atoms with Crippen LogP contribution in [0.3, 0.4) is 0 Å². The summed E-state index contributed by atoms with van der Waals surface area (Å²) in [4.78, 5) is 19.3. The molecule has 4 rings (SSSR count). The summed E-state index contributed by atoms with van der Waals surface area (Å²) in [5.41, 5.74) is 5.71. The van der Waals surface area contributed by atoms with Gasteiger partial charge in [-0.25, -0.2) is 0 Å². The highest BCUT2D eigenvalue weighted by Gasteiger charge is 2.15. The number of rotatable bonds is 7. The van der Waals surface area contributed by atoms with E-state index < -0.39 is 0 Å². The van der Waals surface area contributed by atoms with Crippen LogP contribution in [0.15, 0.2) is 47.0 Å². The lowest BCUT2D eigenvalue weighted by molar-refractivity contribution is -0.121. The second kappa shape index (κ2) is 9.98. The molecule has 1 saturated heterocycles. The van der Waals surface area contributed by atoms with Crippen molar-refractivity contribution in [3.05, 3.63) is 65.0 Å². The van der Waals surface area contributed by atoms with Gasteiger partial charge in [-0.05, 0) is 75.4 Å². The minimum atomic E-state index is -0.0419. The molecule has 6 heteroatoms.